The summed E-state index contributed by atoms with van der Waals surface area (Å²) in [7, 11) is 0. The zero-order valence-electron chi connectivity index (χ0n) is 10.0. The molecule has 0 aliphatic carbocycles. The van der Waals surface area contributed by atoms with Crippen LogP contribution in [0.3, 0.4) is 0 Å². The highest BCUT2D eigenvalue weighted by Crippen LogP contribution is 2.28. The molecule has 0 spiro atoms. The zero-order chi connectivity index (χ0) is 12.4. The molecular weight excluding hydrogens is 226 g/mol. The largest absolute Gasteiger partial charge is 0.506 e. The highest BCUT2D eigenvalue weighted by atomic mass is 16.5. The number of hydrogen-bond donors (Lipinski definition) is 1. The van der Waals surface area contributed by atoms with Crippen molar-refractivity contribution in [1.82, 2.24) is 4.98 Å². The second-order valence-corrected chi connectivity index (χ2v) is 4.70. The number of hydrogen-bond acceptors (Lipinski definition) is 3. The summed E-state index contributed by atoms with van der Waals surface area (Å²) in [5, 5.41) is 9.21. The summed E-state index contributed by atoms with van der Waals surface area (Å²) in [6, 6.07) is 11.7. The normalized spacial score (nSPS) is 17.9. The van der Waals surface area contributed by atoms with E-state index in [1.54, 1.807) is 6.07 Å². The van der Waals surface area contributed by atoms with Crippen molar-refractivity contribution in [2.24, 2.45) is 5.92 Å². The second-order valence-electron chi connectivity index (χ2n) is 4.70. The van der Waals surface area contributed by atoms with Crippen molar-refractivity contribution in [1.29, 1.82) is 0 Å². The van der Waals surface area contributed by atoms with E-state index in [1.807, 2.05) is 24.3 Å². The molecule has 0 bridgehead atoms. The van der Waals surface area contributed by atoms with Crippen LogP contribution in [0.5, 0.6) is 11.5 Å². The molecule has 3 rings (SSSR count). The molecule has 92 valence electrons. The Bertz CT molecular complexity index is 536. The van der Waals surface area contributed by atoms with Crippen molar-refractivity contribution in [2.75, 3.05) is 6.61 Å². The minimum Gasteiger partial charge on any atom is -0.506 e. The van der Waals surface area contributed by atoms with Crippen LogP contribution in [-0.4, -0.2) is 16.7 Å². The van der Waals surface area contributed by atoms with Crippen LogP contribution in [0.15, 0.2) is 42.6 Å². The standard InChI is InChI=1S/C15H15NO2/c17-14-6-5-13(16-9-14)8-11-7-12-3-1-2-4-15(12)18-10-11/h1-6,9,11,17H,7-8,10H2/t11-/m1/s1. The number of pyridine rings is 1. The lowest BCUT2D eigenvalue weighted by Gasteiger charge is -2.24. The van der Waals surface area contributed by atoms with Gasteiger partial charge in [-0.3, -0.25) is 4.98 Å². The molecule has 0 saturated carbocycles. The van der Waals surface area contributed by atoms with Gasteiger partial charge in [0.05, 0.1) is 12.8 Å². The van der Waals surface area contributed by atoms with Crippen LogP contribution >= 0.6 is 0 Å². The van der Waals surface area contributed by atoms with Gasteiger partial charge in [0, 0.05) is 11.6 Å². The molecule has 0 saturated heterocycles. The fraction of sp³-hybridized carbons (Fsp3) is 0.267. The lowest BCUT2D eigenvalue weighted by atomic mass is 9.93. The maximum absolute atomic E-state index is 9.21. The Kier molecular flexibility index (Phi) is 2.89. The summed E-state index contributed by atoms with van der Waals surface area (Å²) < 4.78 is 5.75. The SMILES string of the molecule is Oc1ccc(C[C@@H]2COc3ccccc3C2)nc1. The number of aromatic nitrogens is 1. The first-order chi connectivity index (χ1) is 8.81. The van der Waals surface area contributed by atoms with Crippen LogP contribution in [0.2, 0.25) is 0 Å². The average molecular weight is 241 g/mol. The molecule has 1 aromatic heterocycles. The van der Waals surface area contributed by atoms with Gasteiger partial charge in [-0.1, -0.05) is 18.2 Å². The van der Waals surface area contributed by atoms with Crippen LogP contribution in [0.25, 0.3) is 0 Å². The topological polar surface area (TPSA) is 42.4 Å². The Morgan fingerprint density at radius 2 is 2.11 bits per heavy atom. The first-order valence-electron chi connectivity index (χ1n) is 6.16. The molecule has 18 heavy (non-hydrogen) atoms. The lowest BCUT2D eigenvalue weighted by Crippen LogP contribution is -2.23. The summed E-state index contributed by atoms with van der Waals surface area (Å²) in [4.78, 5) is 4.22. The molecule has 3 heteroatoms. The molecule has 1 aromatic carbocycles. The predicted molar refractivity (Wildman–Crippen MR) is 68.7 cm³/mol. The van der Waals surface area contributed by atoms with Gasteiger partial charge in [-0.2, -0.15) is 0 Å². The Balaban J connectivity index is 1.71. The number of ether oxygens (including phenoxy) is 1. The molecule has 3 nitrogen and oxygen atoms in total. The van der Waals surface area contributed by atoms with E-state index in [2.05, 4.69) is 11.1 Å². The second kappa shape index (κ2) is 4.69. The van der Waals surface area contributed by atoms with E-state index in [0.29, 0.717) is 5.92 Å². The van der Waals surface area contributed by atoms with Crippen molar-refractivity contribution in [2.45, 2.75) is 12.8 Å². The number of aromatic hydroxyl groups is 1. The summed E-state index contributed by atoms with van der Waals surface area (Å²) in [6.07, 6.45) is 3.40. The van der Waals surface area contributed by atoms with Crippen molar-refractivity contribution < 1.29 is 9.84 Å². The highest BCUT2D eigenvalue weighted by Gasteiger charge is 2.20. The van der Waals surface area contributed by atoms with E-state index in [1.165, 1.54) is 11.8 Å². The summed E-state index contributed by atoms with van der Waals surface area (Å²) in [5.74, 6) is 1.67. The van der Waals surface area contributed by atoms with E-state index < -0.39 is 0 Å². The minimum atomic E-state index is 0.212. The fourth-order valence-electron chi connectivity index (χ4n) is 2.36. The summed E-state index contributed by atoms with van der Waals surface area (Å²) in [5.41, 5.74) is 2.27. The Morgan fingerprint density at radius 1 is 1.22 bits per heavy atom. The van der Waals surface area contributed by atoms with E-state index in [9.17, 15) is 5.11 Å². The molecule has 1 N–H and O–H groups in total. The molecule has 2 heterocycles. The van der Waals surface area contributed by atoms with Crippen molar-refractivity contribution in [3.8, 4) is 11.5 Å². The maximum Gasteiger partial charge on any atom is 0.133 e. The zero-order valence-corrected chi connectivity index (χ0v) is 10.0. The molecule has 0 fully saturated rings. The van der Waals surface area contributed by atoms with Gasteiger partial charge in [-0.15, -0.1) is 0 Å². The van der Waals surface area contributed by atoms with Gasteiger partial charge in [0.25, 0.3) is 0 Å². The van der Waals surface area contributed by atoms with Crippen LogP contribution in [0, 0.1) is 5.92 Å². The van der Waals surface area contributed by atoms with Crippen molar-refractivity contribution in [3.63, 3.8) is 0 Å². The summed E-state index contributed by atoms with van der Waals surface area (Å²) in [6.45, 7) is 0.736. The third-order valence-corrected chi connectivity index (χ3v) is 3.26. The summed E-state index contributed by atoms with van der Waals surface area (Å²) >= 11 is 0. The molecule has 1 atom stereocenters. The van der Waals surface area contributed by atoms with Crippen molar-refractivity contribution in [3.05, 3.63) is 53.9 Å². The first kappa shape index (κ1) is 11.1. The van der Waals surface area contributed by atoms with Crippen LogP contribution in [-0.2, 0) is 12.8 Å². The van der Waals surface area contributed by atoms with Crippen LogP contribution < -0.4 is 4.74 Å². The highest BCUT2D eigenvalue weighted by molar-refractivity contribution is 5.35. The van der Waals surface area contributed by atoms with Gasteiger partial charge < -0.3 is 9.84 Å². The molecule has 2 aromatic rings. The van der Waals surface area contributed by atoms with Gasteiger partial charge in [-0.05, 0) is 36.6 Å². The lowest BCUT2D eigenvalue weighted by molar-refractivity contribution is 0.220. The number of benzene rings is 1. The first-order valence-corrected chi connectivity index (χ1v) is 6.16. The minimum absolute atomic E-state index is 0.212. The third kappa shape index (κ3) is 2.30. The smallest absolute Gasteiger partial charge is 0.133 e. The van der Waals surface area contributed by atoms with Gasteiger partial charge in [-0.25, -0.2) is 0 Å². The number of fused-ring (bicyclic) bond motifs is 1. The predicted octanol–water partition coefficient (Wildman–Crippen LogP) is 2.58. The molecule has 0 amide bonds. The van der Waals surface area contributed by atoms with Crippen LogP contribution in [0.1, 0.15) is 11.3 Å². The van der Waals surface area contributed by atoms with Gasteiger partial charge in [0.1, 0.15) is 11.5 Å². The number of nitrogens with zero attached hydrogens (tertiary/aromatic N) is 1. The van der Waals surface area contributed by atoms with Crippen LogP contribution in [0.4, 0.5) is 0 Å². The Hall–Kier alpha value is -2.03. The number of rotatable bonds is 2. The maximum atomic E-state index is 9.21. The van der Waals surface area contributed by atoms with Crippen molar-refractivity contribution >= 4 is 0 Å². The average Bonchev–Trinajstić information content (AvgIpc) is 2.41. The van der Waals surface area contributed by atoms with E-state index in [4.69, 9.17) is 4.74 Å². The Morgan fingerprint density at radius 3 is 2.94 bits per heavy atom. The van der Waals surface area contributed by atoms with Gasteiger partial charge >= 0.3 is 0 Å². The number of para-hydroxylation sites is 1. The van der Waals surface area contributed by atoms with E-state index in [-0.39, 0.29) is 5.75 Å². The van der Waals surface area contributed by atoms with E-state index >= 15 is 0 Å². The van der Waals surface area contributed by atoms with Gasteiger partial charge in [0.15, 0.2) is 0 Å². The fourth-order valence-corrected chi connectivity index (χ4v) is 2.36. The third-order valence-electron chi connectivity index (χ3n) is 3.26. The van der Waals surface area contributed by atoms with Gasteiger partial charge in [0.2, 0.25) is 0 Å². The monoisotopic (exact) mass is 241 g/mol. The molecule has 1 aliphatic rings. The Labute approximate surface area is 106 Å². The molecule has 0 radical (unpaired) electrons. The van der Waals surface area contributed by atoms with E-state index in [0.717, 1.165) is 30.9 Å². The molecular formula is C15H15NO2. The molecule has 0 unspecified atom stereocenters. The molecule has 1 aliphatic heterocycles. The quantitative estimate of drug-likeness (QED) is 0.878.